The number of carbonyl (C=O) groups is 1. The number of fused-ring (bicyclic) bond motifs is 1. The van der Waals surface area contributed by atoms with Gasteiger partial charge in [0.1, 0.15) is 0 Å². The second kappa shape index (κ2) is 12.9. The summed E-state index contributed by atoms with van der Waals surface area (Å²) in [6.07, 6.45) is 5.24. The Morgan fingerprint density at radius 2 is 2.03 bits per heavy atom. The van der Waals surface area contributed by atoms with Crippen molar-refractivity contribution in [3.63, 3.8) is 0 Å². The third-order valence-electron chi connectivity index (χ3n) is 5.52. The summed E-state index contributed by atoms with van der Waals surface area (Å²) in [5.41, 5.74) is 5.03. The van der Waals surface area contributed by atoms with Crippen LogP contribution in [0, 0.1) is 0 Å². The highest BCUT2D eigenvalue weighted by atomic mass is 32.2. The van der Waals surface area contributed by atoms with Crippen molar-refractivity contribution in [2.75, 3.05) is 10.6 Å². The Morgan fingerprint density at radius 3 is 2.75 bits per heavy atom. The lowest BCUT2D eigenvalue weighted by Crippen LogP contribution is -2.25. The first-order chi connectivity index (χ1) is 17.4. The number of rotatable bonds is 13. The molecule has 0 radical (unpaired) electrons. The lowest BCUT2D eigenvalue weighted by Gasteiger charge is -2.14. The van der Waals surface area contributed by atoms with Crippen LogP contribution in [-0.2, 0) is 11.3 Å². The van der Waals surface area contributed by atoms with Crippen molar-refractivity contribution < 1.29 is 4.79 Å². The van der Waals surface area contributed by atoms with Crippen molar-refractivity contribution in [3.8, 4) is 5.69 Å². The van der Waals surface area contributed by atoms with Crippen LogP contribution in [0.25, 0.3) is 16.7 Å². The van der Waals surface area contributed by atoms with Gasteiger partial charge in [-0.2, -0.15) is 0 Å². The van der Waals surface area contributed by atoms with E-state index in [4.69, 9.17) is 4.98 Å². The Hall–Kier alpha value is -3.62. The van der Waals surface area contributed by atoms with Gasteiger partial charge in [-0.05, 0) is 62.2 Å². The van der Waals surface area contributed by atoms with E-state index in [0.29, 0.717) is 28.3 Å². The van der Waals surface area contributed by atoms with E-state index in [-0.39, 0.29) is 5.91 Å². The summed E-state index contributed by atoms with van der Waals surface area (Å²) in [6, 6.07) is 14.3. The molecule has 1 amide bonds. The smallest absolute Gasteiger partial charge is 0.247 e. The number of carbonyl (C=O) groups excluding carboxylic acids is 1. The second-order valence-electron chi connectivity index (χ2n) is 8.39. The van der Waals surface area contributed by atoms with Gasteiger partial charge in [0.2, 0.25) is 11.9 Å². The van der Waals surface area contributed by atoms with Crippen LogP contribution >= 0.6 is 11.9 Å². The van der Waals surface area contributed by atoms with E-state index in [9.17, 15) is 4.79 Å². The molecule has 3 rings (SSSR count). The lowest BCUT2D eigenvalue weighted by atomic mass is 10.1. The molecule has 188 valence electrons. The largest absolute Gasteiger partial charge is 0.325 e. The summed E-state index contributed by atoms with van der Waals surface area (Å²) >= 11 is 1.25. The number of benzene rings is 2. The van der Waals surface area contributed by atoms with E-state index in [1.807, 2.05) is 35.8 Å². The van der Waals surface area contributed by atoms with E-state index in [1.54, 1.807) is 6.21 Å². The van der Waals surface area contributed by atoms with Crippen molar-refractivity contribution >= 4 is 46.7 Å². The van der Waals surface area contributed by atoms with Gasteiger partial charge in [-0.3, -0.25) is 9.36 Å². The van der Waals surface area contributed by atoms with Gasteiger partial charge in [-0.15, -0.1) is 0 Å². The zero-order valence-corrected chi connectivity index (χ0v) is 22.0. The van der Waals surface area contributed by atoms with Crippen LogP contribution in [0.5, 0.6) is 0 Å². The molecule has 0 aliphatic rings. The van der Waals surface area contributed by atoms with Crippen molar-refractivity contribution in [1.82, 2.24) is 14.9 Å². The summed E-state index contributed by atoms with van der Waals surface area (Å²) in [6.45, 7) is 18.7. The van der Waals surface area contributed by atoms with E-state index in [2.05, 4.69) is 72.1 Å². The van der Waals surface area contributed by atoms with Gasteiger partial charge in [-0.25, -0.2) is 9.38 Å². The molecule has 0 aliphatic heterocycles. The summed E-state index contributed by atoms with van der Waals surface area (Å²) in [5, 5.41) is 9.70. The molecule has 0 fully saturated rings. The number of hydrogen-bond acceptors (Lipinski definition) is 6. The van der Waals surface area contributed by atoms with Crippen LogP contribution in [-0.4, -0.2) is 27.7 Å². The zero-order chi connectivity index (χ0) is 26.1. The number of anilines is 2. The van der Waals surface area contributed by atoms with Crippen LogP contribution in [0.15, 0.2) is 83.3 Å². The predicted octanol–water partition coefficient (Wildman–Crippen LogP) is 6.61. The van der Waals surface area contributed by atoms with Gasteiger partial charge >= 0.3 is 0 Å². The molecule has 2 aromatic carbocycles. The molecule has 0 unspecified atom stereocenters. The average molecular weight is 503 g/mol. The van der Waals surface area contributed by atoms with Crippen LogP contribution in [0.3, 0.4) is 0 Å². The van der Waals surface area contributed by atoms with Crippen molar-refractivity contribution in [1.29, 1.82) is 0 Å². The van der Waals surface area contributed by atoms with Crippen molar-refractivity contribution in [2.24, 2.45) is 4.40 Å². The first-order valence-electron chi connectivity index (χ1n) is 11.9. The first kappa shape index (κ1) is 27.0. The topological polar surface area (TPSA) is 83.3 Å². The van der Waals surface area contributed by atoms with E-state index in [1.165, 1.54) is 18.0 Å². The Labute approximate surface area is 217 Å². The Balaban J connectivity index is 2.01. The van der Waals surface area contributed by atoms with Crippen LogP contribution in [0.2, 0.25) is 0 Å². The maximum absolute atomic E-state index is 11.9. The fraction of sp³-hybridized carbons (Fsp3) is 0.250. The minimum absolute atomic E-state index is 0.270. The molecule has 36 heavy (non-hydrogen) atoms. The number of imidazole rings is 1. The van der Waals surface area contributed by atoms with Crippen molar-refractivity contribution in [3.05, 3.63) is 84.4 Å². The minimum Gasteiger partial charge on any atom is -0.325 e. The van der Waals surface area contributed by atoms with Crippen molar-refractivity contribution in [2.45, 2.75) is 46.2 Å². The lowest BCUT2D eigenvalue weighted by molar-refractivity contribution is -0.111. The average Bonchev–Trinajstić information content (AvgIpc) is 3.23. The third kappa shape index (κ3) is 6.96. The van der Waals surface area contributed by atoms with E-state index >= 15 is 0 Å². The summed E-state index contributed by atoms with van der Waals surface area (Å²) in [5.74, 6) is 0.322. The SMILES string of the molecule is C=CC(=O)Nc1cccc(-n2c(NC(=C)C(=C)SN=CC)nc3cc(CN[C@H](C)CCC)ccc32)c1. The van der Waals surface area contributed by atoms with Gasteiger partial charge < -0.3 is 16.0 Å². The maximum Gasteiger partial charge on any atom is 0.247 e. The number of nitrogens with zero attached hydrogens (tertiary/aromatic N) is 3. The number of hydrogen-bond donors (Lipinski definition) is 3. The third-order valence-corrected chi connectivity index (χ3v) is 6.30. The Morgan fingerprint density at radius 1 is 1.22 bits per heavy atom. The molecule has 1 atom stereocenters. The molecule has 3 N–H and O–H groups in total. The molecule has 1 heterocycles. The first-order valence-corrected chi connectivity index (χ1v) is 12.7. The van der Waals surface area contributed by atoms with E-state index in [0.717, 1.165) is 41.7 Å². The standard InChI is InChI=1S/C28H34N6OS/c1-7-11-19(4)29-18-22-14-15-26-25(16-22)33-28(31-20(5)21(6)36-30-9-3)34(26)24-13-10-12-23(17-24)32-27(35)8-2/h8-10,12-17,19,29H,2,5-7,11,18H2,1,3-4H3,(H,31,33)(H,32,35)/t19-/m1/s1. The molecule has 1 aromatic heterocycles. The molecule has 3 aromatic rings. The molecule has 7 nitrogen and oxygen atoms in total. The van der Waals surface area contributed by atoms with Crippen LogP contribution in [0.1, 0.15) is 39.2 Å². The number of nitrogens with one attached hydrogen (secondary N) is 3. The van der Waals surface area contributed by atoms with Gasteiger partial charge in [-0.1, -0.05) is 45.2 Å². The van der Waals surface area contributed by atoms with E-state index < -0.39 is 0 Å². The summed E-state index contributed by atoms with van der Waals surface area (Å²) in [7, 11) is 0. The van der Waals surface area contributed by atoms with Gasteiger partial charge in [0, 0.05) is 47.0 Å². The highest BCUT2D eigenvalue weighted by Gasteiger charge is 2.16. The zero-order valence-electron chi connectivity index (χ0n) is 21.2. The fourth-order valence-electron chi connectivity index (χ4n) is 3.70. The van der Waals surface area contributed by atoms with Gasteiger partial charge in [0.15, 0.2) is 0 Å². The fourth-order valence-corrected chi connectivity index (χ4v) is 4.09. The molecule has 0 aliphatic carbocycles. The molecule has 8 heteroatoms. The minimum atomic E-state index is -0.270. The summed E-state index contributed by atoms with van der Waals surface area (Å²) in [4.78, 5) is 17.4. The van der Waals surface area contributed by atoms with Gasteiger partial charge in [0.25, 0.3) is 0 Å². The summed E-state index contributed by atoms with van der Waals surface area (Å²) < 4.78 is 6.18. The molecule has 0 spiro atoms. The monoisotopic (exact) mass is 502 g/mol. The molecular formula is C28H34N6OS. The highest BCUT2D eigenvalue weighted by molar-refractivity contribution is 8.02. The number of amides is 1. The maximum atomic E-state index is 11.9. The second-order valence-corrected chi connectivity index (χ2v) is 9.28. The molecule has 0 bridgehead atoms. The quantitative estimate of drug-likeness (QED) is 0.106. The van der Waals surface area contributed by atoms with Gasteiger partial charge in [0.05, 0.1) is 16.7 Å². The number of aromatic nitrogens is 2. The Kier molecular flexibility index (Phi) is 9.67. The predicted molar refractivity (Wildman–Crippen MR) is 155 cm³/mol. The molecular weight excluding hydrogens is 468 g/mol. The normalized spacial score (nSPS) is 12.0. The highest BCUT2D eigenvalue weighted by Crippen LogP contribution is 2.30. The molecule has 0 saturated heterocycles. The molecule has 0 saturated carbocycles. The van der Waals surface area contributed by atoms with Crippen LogP contribution < -0.4 is 16.0 Å². The Bertz CT molecular complexity index is 1290. The van der Waals surface area contributed by atoms with Crippen LogP contribution in [0.4, 0.5) is 11.6 Å².